The number of aryl methyl sites for hydroxylation is 2. The number of aromatic nitrogens is 1. The molecule has 2 aromatic rings. The first-order valence-electron chi connectivity index (χ1n) is 6.29. The number of amides is 1. The van der Waals surface area contributed by atoms with Crippen molar-refractivity contribution in [3.63, 3.8) is 0 Å². The Morgan fingerprint density at radius 2 is 2.16 bits per heavy atom. The van der Waals surface area contributed by atoms with Gasteiger partial charge >= 0.3 is 0 Å². The smallest absolute Gasteiger partial charge is 0.268 e. The van der Waals surface area contributed by atoms with Crippen molar-refractivity contribution in [3.05, 3.63) is 57.8 Å². The van der Waals surface area contributed by atoms with Gasteiger partial charge in [-0.15, -0.1) is 0 Å². The van der Waals surface area contributed by atoms with E-state index in [4.69, 9.17) is 0 Å². The molecule has 100 valence electrons. The quantitative estimate of drug-likeness (QED) is 0.919. The highest BCUT2D eigenvalue weighted by molar-refractivity contribution is 9.10. The molecule has 1 N–H and O–H groups in total. The van der Waals surface area contributed by atoms with Gasteiger partial charge in [0.1, 0.15) is 5.69 Å². The van der Waals surface area contributed by atoms with Crippen LogP contribution in [-0.4, -0.2) is 10.5 Å². The summed E-state index contributed by atoms with van der Waals surface area (Å²) in [6.07, 6.45) is 1.92. The van der Waals surface area contributed by atoms with Gasteiger partial charge in [0.2, 0.25) is 0 Å². The topological polar surface area (TPSA) is 34.0 Å². The van der Waals surface area contributed by atoms with Crippen molar-refractivity contribution in [3.8, 4) is 0 Å². The molecule has 0 aliphatic carbocycles. The molecule has 2 rings (SSSR count). The molecule has 1 aromatic carbocycles. The van der Waals surface area contributed by atoms with E-state index in [9.17, 15) is 4.79 Å². The van der Waals surface area contributed by atoms with Crippen LogP contribution in [-0.2, 0) is 13.1 Å². The third-order valence-electron chi connectivity index (χ3n) is 2.97. The first-order chi connectivity index (χ1) is 9.10. The number of carbonyl (C=O) groups is 1. The minimum absolute atomic E-state index is 0.0472. The van der Waals surface area contributed by atoms with E-state index in [1.165, 1.54) is 5.56 Å². The Balaban J connectivity index is 2.05. The van der Waals surface area contributed by atoms with E-state index in [1.807, 2.05) is 48.9 Å². The number of carbonyl (C=O) groups excluding carboxylic acids is 1. The number of hydrogen-bond donors (Lipinski definition) is 1. The lowest BCUT2D eigenvalue weighted by molar-refractivity contribution is 0.0941. The predicted octanol–water partition coefficient (Wildman–Crippen LogP) is 3.51. The van der Waals surface area contributed by atoms with Crippen LogP contribution in [0.1, 0.15) is 28.5 Å². The SMILES string of the molecule is CCn1cc(Br)cc1C(=O)NCc1cccc(C)c1. The first kappa shape index (κ1) is 13.9. The fourth-order valence-electron chi connectivity index (χ4n) is 2.02. The van der Waals surface area contributed by atoms with Gasteiger partial charge < -0.3 is 9.88 Å². The number of benzene rings is 1. The minimum Gasteiger partial charge on any atom is -0.347 e. The van der Waals surface area contributed by atoms with Crippen molar-refractivity contribution < 1.29 is 4.79 Å². The van der Waals surface area contributed by atoms with Gasteiger partial charge in [0.15, 0.2) is 0 Å². The highest BCUT2D eigenvalue weighted by Crippen LogP contribution is 2.15. The molecule has 1 amide bonds. The fourth-order valence-corrected chi connectivity index (χ4v) is 2.49. The fraction of sp³-hybridized carbons (Fsp3) is 0.267. The molecule has 0 spiro atoms. The van der Waals surface area contributed by atoms with E-state index >= 15 is 0 Å². The summed E-state index contributed by atoms with van der Waals surface area (Å²) in [5, 5.41) is 2.95. The van der Waals surface area contributed by atoms with E-state index in [-0.39, 0.29) is 5.91 Å². The molecule has 19 heavy (non-hydrogen) atoms. The monoisotopic (exact) mass is 320 g/mol. The molecule has 0 unspecified atom stereocenters. The zero-order chi connectivity index (χ0) is 13.8. The number of nitrogens with one attached hydrogen (secondary N) is 1. The van der Waals surface area contributed by atoms with Crippen LogP contribution in [0, 0.1) is 6.92 Å². The van der Waals surface area contributed by atoms with E-state index in [0.717, 1.165) is 16.6 Å². The highest BCUT2D eigenvalue weighted by Gasteiger charge is 2.11. The summed E-state index contributed by atoms with van der Waals surface area (Å²) in [7, 11) is 0. The Morgan fingerprint density at radius 3 is 2.84 bits per heavy atom. The lowest BCUT2D eigenvalue weighted by Crippen LogP contribution is -2.25. The summed E-state index contributed by atoms with van der Waals surface area (Å²) in [6.45, 7) is 5.39. The molecule has 1 heterocycles. The highest BCUT2D eigenvalue weighted by atomic mass is 79.9. The molecule has 0 atom stereocenters. The molecule has 3 nitrogen and oxygen atoms in total. The molecule has 0 aliphatic heterocycles. The second kappa shape index (κ2) is 6.06. The molecular formula is C15H17BrN2O. The van der Waals surface area contributed by atoms with Gasteiger partial charge in [-0.05, 0) is 41.4 Å². The number of nitrogens with zero attached hydrogens (tertiary/aromatic N) is 1. The molecule has 0 fully saturated rings. The Kier molecular flexibility index (Phi) is 4.43. The predicted molar refractivity (Wildman–Crippen MR) is 80.2 cm³/mol. The summed E-state index contributed by atoms with van der Waals surface area (Å²) in [5.74, 6) is -0.0472. The van der Waals surface area contributed by atoms with Crippen LogP contribution < -0.4 is 5.32 Å². The van der Waals surface area contributed by atoms with Crippen LogP contribution in [0.25, 0.3) is 0 Å². The zero-order valence-electron chi connectivity index (χ0n) is 11.1. The lowest BCUT2D eigenvalue weighted by atomic mass is 10.1. The summed E-state index contributed by atoms with van der Waals surface area (Å²) >= 11 is 3.40. The summed E-state index contributed by atoms with van der Waals surface area (Å²) < 4.78 is 2.85. The van der Waals surface area contributed by atoms with Crippen LogP contribution in [0.15, 0.2) is 41.0 Å². The largest absolute Gasteiger partial charge is 0.347 e. The maximum atomic E-state index is 12.1. The van der Waals surface area contributed by atoms with Crippen molar-refractivity contribution in [2.45, 2.75) is 26.9 Å². The van der Waals surface area contributed by atoms with Crippen LogP contribution in [0.2, 0.25) is 0 Å². The third-order valence-corrected chi connectivity index (χ3v) is 3.41. The second-order valence-electron chi connectivity index (χ2n) is 4.50. The zero-order valence-corrected chi connectivity index (χ0v) is 12.7. The van der Waals surface area contributed by atoms with Gasteiger partial charge in [0.25, 0.3) is 5.91 Å². The maximum Gasteiger partial charge on any atom is 0.268 e. The molecule has 0 saturated carbocycles. The molecular weight excluding hydrogens is 304 g/mol. The number of halogens is 1. The summed E-state index contributed by atoms with van der Waals surface area (Å²) in [6, 6.07) is 9.99. The molecule has 0 aliphatic rings. The maximum absolute atomic E-state index is 12.1. The standard InChI is InChI=1S/C15H17BrN2O/c1-3-18-10-13(16)8-14(18)15(19)17-9-12-6-4-5-11(2)7-12/h4-8,10H,3,9H2,1-2H3,(H,17,19). The van der Waals surface area contributed by atoms with E-state index in [1.54, 1.807) is 0 Å². The minimum atomic E-state index is -0.0472. The van der Waals surface area contributed by atoms with Crippen LogP contribution >= 0.6 is 15.9 Å². The molecule has 1 aromatic heterocycles. The van der Waals surface area contributed by atoms with Crippen LogP contribution in [0.4, 0.5) is 0 Å². The molecule has 4 heteroatoms. The molecule has 0 radical (unpaired) electrons. The normalized spacial score (nSPS) is 10.5. The summed E-state index contributed by atoms with van der Waals surface area (Å²) in [5.41, 5.74) is 3.00. The summed E-state index contributed by atoms with van der Waals surface area (Å²) in [4.78, 5) is 12.1. The Labute approximate surface area is 121 Å². The average molecular weight is 321 g/mol. The van der Waals surface area contributed by atoms with Gasteiger partial charge in [-0.1, -0.05) is 29.8 Å². The van der Waals surface area contributed by atoms with Gasteiger partial charge in [-0.3, -0.25) is 4.79 Å². The Hall–Kier alpha value is -1.55. The average Bonchev–Trinajstić information content (AvgIpc) is 2.77. The van der Waals surface area contributed by atoms with E-state index in [2.05, 4.69) is 27.3 Å². The van der Waals surface area contributed by atoms with Crippen molar-refractivity contribution >= 4 is 21.8 Å². The van der Waals surface area contributed by atoms with Crippen molar-refractivity contribution in [1.29, 1.82) is 0 Å². The van der Waals surface area contributed by atoms with Gasteiger partial charge in [0.05, 0.1) is 0 Å². The number of rotatable bonds is 4. The first-order valence-corrected chi connectivity index (χ1v) is 7.09. The third kappa shape index (κ3) is 3.47. The van der Waals surface area contributed by atoms with Gasteiger partial charge in [0, 0.05) is 23.8 Å². The van der Waals surface area contributed by atoms with Crippen LogP contribution in [0.3, 0.4) is 0 Å². The van der Waals surface area contributed by atoms with E-state index in [0.29, 0.717) is 12.2 Å². The van der Waals surface area contributed by atoms with Crippen LogP contribution in [0.5, 0.6) is 0 Å². The lowest BCUT2D eigenvalue weighted by Gasteiger charge is -2.08. The van der Waals surface area contributed by atoms with Crippen molar-refractivity contribution in [1.82, 2.24) is 9.88 Å². The molecule has 0 saturated heterocycles. The second-order valence-corrected chi connectivity index (χ2v) is 5.42. The van der Waals surface area contributed by atoms with Gasteiger partial charge in [-0.2, -0.15) is 0 Å². The molecule has 0 bridgehead atoms. The van der Waals surface area contributed by atoms with Gasteiger partial charge in [-0.25, -0.2) is 0 Å². The Morgan fingerprint density at radius 1 is 1.37 bits per heavy atom. The number of hydrogen-bond acceptors (Lipinski definition) is 1. The van der Waals surface area contributed by atoms with Crippen molar-refractivity contribution in [2.75, 3.05) is 0 Å². The van der Waals surface area contributed by atoms with E-state index < -0.39 is 0 Å². The Bertz CT molecular complexity index is 590. The van der Waals surface area contributed by atoms with Crippen molar-refractivity contribution in [2.24, 2.45) is 0 Å².